The van der Waals surface area contributed by atoms with E-state index in [2.05, 4.69) is 11.4 Å². The number of carboxylic acids is 1. The maximum Gasteiger partial charge on any atom is 0.305 e. The smallest absolute Gasteiger partial charge is 0.305 e. The summed E-state index contributed by atoms with van der Waals surface area (Å²) in [6.07, 6.45) is 0.960. The second-order valence-corrected chi connectivity index (χ2v) is 6.98. The molecule has 1 aromatic heterocycles. The first-order valence-corrected chi connectivity index (χ1v) is 8.47. The van der Waals surface area contributed by atoms with E-state index in [-0.39, 0.29) is 12.3 Å². The van der Waals surface area contributed by atoms with Gasteiger partial charge in [0, 0.05) is 28.7 Å². The zero-order valence-corrected chi connectivity index (χ0v) is 13.7. The summed E-state index contributed by atoms with van der Waals surface area (Å²) in [6.45, 7) is 2.96. The van der Waals surface area contributed by atoms with Crippen molar-refractivity contribution < 1.29 is 19.4 Å². The van der Waals surface area contributed by atoms with Crippen LogP contribution in [0.3, 0.4) is 0 Å². The number of thiophene rings is 1. The zero-order valence-electron chi connectivity index (χ0n) is 12.9. The molecule has 0 spiro atoms. The molecule has 1 aromatic carbocycles. The van der Waals surface area contributed by atoms with Gasteiger partial charge in [0.15, 0.2) is 0 Å². The monoisotopic (exact) mass is 333 g/mol. The first-order chi connectivity index (χ1) is 11.0. The van der Waals surface area contributed by atoms with E-state index in [1.165, 1.54) is 11.3 Å². The van der Waals surface area contributed by atoms with E-state index in [4.69, 9.17) is 4.74 Å². The summed E-state index contributed by atoms with van der Waals surface area (Å²) in [5.74, 6) is -1.11. The van der Waals surface area contributed by atoms with Crippen LogP contribution in [0.2, 0.25) is 0 Å². The van der Waals surface area contributed by atoms with Gasteiger partial charge >= 0.3 is 5.97 Å². The lowest BCUT2D eigenvalue weighted by molar-refractivity contribution is -0.139. The topological polar surface area (TPSA) is 75.6 Å². The first-order valence-electron chi connectivity index (χ1n) is 7.59. The summed E-state index contributed by atoms with van der Waals surface area (Å²) in [5.41, 5.74) is 1.04. The Labute approximate surface area is 138 Å². The fourth-order valence-electron chi connectivity index (χ4n) is 3.02. The molecular weight excluding hydrogens is 314 g/mol. The van der Waals surface area contributed by atoms with Gasteiger partial charge < -0.3 is 15.2 Å². The highest BCUT2D eigenvalue weighted by Gasteiger charge is 2.37. The van der Waals surface area contributed by atoms with Gasteiger partial charge in [0.25, 0.3) is 5.91 Å². The molecule has 23 heavy (non-hydrogen) atoms. The number of hydrogen-bond acceptors (Lipinski definition) is 4. The lowest BCUT2D eigenvalue weighted by Gasteiger charge is -2.36. The van der Waals surface area contributed by atoms with Gasteiger partial charge in [0.2, 0.25) is 0 Å². The number of carboxylic acid groups (broad SMARTS) is 1. The maximum atomic E-state index is 12.7. The van der Waals surface area contributed by atoms with Crippen molar-refractivity contribution in [2.24, 2.45) is 0 Å². The molecule has 2 heterocycles. The van der Waals surface area contributed by atoms with Gasteiger partial charge in [-0.15, -0.1) is 11.3 Å². The highest BCUT2D eigenvalue weighted by Crippen LogP contribution is 2.29. The molecule has 1 fully saturated rings. The molecule has 2 N–H and O–H groups in total. The summed E-state index contributed by atoms with van der Waals surface area (Å²) in [7, 11) is 0. The Hall–Kier alpha value is -1.92. The minimum absolute atomic E-state index is 0.0801. The van der Waals surface area contributed by atoms with Gasteiger partial charge in [0.05, 0.1) is 17.5 Å². The largest absolute Gasteiger partial charge is 0.481 e. The zero-order chi connectivity index (χ0) is 16.4. The molecule has 6 heteroatoms. The van der Waals surface area contributed by atoms with Crippen LogP contribution in [0.15, 0.2) is 23.6 Å². The number of aliphatic carboxylic acids is 1. The molecular formula is C17H19NO4S. The van der Waals surface area contributed by atoms with E-state index >= 15 is 0 Å². The Morgan fingerprint density at radius 2 is 2.09 bits per heavy atom. The molecule has 122 valence electrons. The van der Waals surface area contributed by atoms with Crippen LogP contribution in [0.1, 0.15) is 35.2 Å². The van der Waals surface area contributed by atoms with Crippen LogP contribution in [-0.4, -0.2) is 35.7 Å². The molecule has 0 saturated carbocycles. The van der Waals surface area contributed by atoms with E-state index < -0.39 is 11.5 Å². The Balaban J connectivity index is 1.87. The SMILES string of the molecule is Cc1ccc2c(C(=O)NC3(CC(=O)O)CCOCC3)csc2c1. The number of fused-ring (bicyclic) bond motifs is 1. The van der Waals surface area contributed by atoms with Crippen molar-refractivity contribution in [2.45, 2.75) is 31.7 Å². The molecule has 1 aliphatic rings. The number of carbonyl (C=O) groups excluding carboxylic acids is 1. The predicted molar refractivity (Wildman–Crippen MR) is 89.1 cm³/mol. The van der Waals surface area contributed by atoms with Crippen LogP contribution >= 0.6 is 11.3 Å². The second kappa shape index (κ2) is 6.29. The van der Waals surface area contributed by atoms with Gasteiger partial charge in [-0.2, -0.15) is 0 Å². The molecule has 0 bridgehead atoms. The van der Waals surface area contributed by atoms with Crippen molar-refractivity contribution in [3.8, 4) is 0 Å². The lowest BCUT2D eigenvalue weighted by atomic mass is 9.86. The van der Waals surface area contributed by atoms with Crippen molar-refractivity contribution in [1.82, 2.24) is 5.32 Å². The number of benzene rings is 1. The summed E-state index contributed by atoms with van der Waals surface area (Å²) in [6, 6.07) is 5.98. The normalized spacial score (nSPS) is 17.1. The van der Waals surface area contributed by atoms with E-state index in [0.717, 1.165) is 15.6 Å². The lowest BCUT2D eigenvalue weighted by Crippen LogP contribution is -2.53. The Kier molecular flexibility index (Phi) is 4.37. The summed E-state index contributed by atoms with van der Waals surface area (Å²) in [4.78, 5) is 23.9. The molecule has 3 rings (SSSR count). The second-order valence-electron chi connectivity index (χ2n) is 6.07. The van der Waals surface area contributed by atoms with E-state index in [1.54, 1.807) is 0 Å². The van der Waals surface area contributed by atoms with E-state index in [1.807, 2.05) is 24.4 Å². The minimum Gasteiger partial charge on any atom is -0.481 e. The number of nitrogens with one attached hydrogen (secondary N) is 1. The fraction of sp³-hybridized carbons (Fsp3) is 0.412. The Bertz CT molecular complexity index is 746. The number of hydrogen-bond donors (Lipinski definition) is 2. The third-order valence-corrected chi connectivity index (χ3v) is 5.24. The number of amides is 1. The quantitative estimate of drug-likeness (QED) is 0.902. The van der Waals surface area contributed by atoms with Crippen molar-refractivity contribution in [1.29, 1.82) is 0 Å². The molecule has 2 aromatic rings. The van der Waals surface area contributed by atoms with Gasteiger partial charge in [-0.05, 0) is 31.4 Å². The minimum atomic E-state index is -0.905. The van der Waals surface area contributed by atoms with Gasteiger partial charge in [-0.25, -0.2) is 0 Å². The fourth-order valence-corrected chi connectivity index (χ4v) is 4.05. The van der Waals surface area contributed by atoms with Crippen LogP contribution in [0.25, 0.3) is 10.1 Å². The van der Waals surface area contributed by atoms with Gasteiger partial charge in [0.1, 0.15) is 0 Å². The summed E-state index contributed by atoms with van der Waals surface area (Å²) >= 11 is 1.53. The van der Waals surface area contributed by atoms with Gasteiger partial charge in [-0.3, -0.25) is 9.59 Å². The van der Waals surface area contributed by atoms with Crippen LogP contribution in [0.4, 0.5) is 0 Å². The molecule has 1 amide bonds. The maximum absolute atomic E-state index is 12.7. The predicted octanol–water partition coefficient (Wildman–Crippen LogP) is 2.96. The molecule has 1 saturated heterocycles. The highest BCUT2D eigenvalue weighted by molar-refractivity contribution is 7.17. The summed E-state index contributed by atoms with van der Waals surface area (Å²) in [5, 5.41) is 14.9. The summed E-state index contributed by atoms with van der Waals surface area (Å²) < 4.78 is 6.38. The molecule has 0 aliphatic carbocycles. The van der Waals surface area contributed by atoms with Crippen LogP contribution in [-0.2, 0) is 9.53 Å². The first kappa shape index (κ1) is 16.0. The van der Waals surface area contributed by atoms with Crippen LogP contribution in [0, 0.1) is 6.92 Å². The standard InChI is InChI=1S/C17H19NO4S/c1-11-2-3-12-13(10-23-14(12)8-11)16(21)18-17(9-15(19)20)4-6-22-7-5-17/h2-3,8,10H,4-7,9H2,1H3,(H,18,21)(H,19,20). The Morgan fingerprint density at radius 1 is 1.35 bits per heavy atom. The van der Waals surface area contributed by atoms with Crippen LogP contribution in [0.5, 0.6) is 0 Å². The van der Waals surface area contributed by atoms with E-state index in [0.29, 0.717) is 31.6 Å². The average Bonchev–Trinajstić information content (AvgIpc) is 2.90. The highest BCUT2D eigenvalue weighted by atomic mass is 32.1. The molecule has 0 unspecified atom stereocenters. The molecule has 5 nitrogen and oxygen atoms in total. The number of aryl methyl sites for hydroxylation is 1. The van der Waals surface area contributed by atoms with Crippen LogP contribution < -0.4 is 5.32 Å². The number of ether oxygens (including phenoxy) is 1. The van der Waals surface area contributed by atoms with Crippen molar-refractivity contribution in [3.63, 3.8) is 0 Å². The van der Waals surface area contributed by atoms with Gasteiger partial charge in [-0.1, -0.05) is 12.1 Å². The molecule has 0 radical (unpaired) electrons. The molecule has 0 atom stereocenters. The third-order valence-electron chi connectivity index (χ3n) is 4.29. The number of rotatable bonds is 4. The Morgan fingerprint density at radius 3 is 2.78 bits per heavy atom. The van der Waals surface area contributed by atoms with Crippen molar-refractivity contribution in [3.05, 3.63) is 34.7 Å². The average molecular weight is 333 g/mol. The van der Waals surface area contributed by atoms with Crippen molar-refractivity contribution in [2.75, 3.05) is 13.2 Å². The third kappa shape index (κ3) is 3.38. The number of carbonyl (C=O) groups is 2. The molecule has 1 aliphatic heterocycles. The van der Waals surface area contributed by atoms with Crippen molar-refractivity contribution >= 4 is 33.3 Å². The van der Waals surface area contributed by atoms with E-state index in [9.17, 15) is 14.7 Å².